The molecule has 4 aromatic rings. The lowest BCUT2D eigenvalue weighted by Crippen LogP contribution is -2.32. The van der Waals surface area contributed by atoms with E-state index in [-0.39, 0.29) is 22.5 Å². The summed E-state index contributed by atoms with van der Waals surface area (Å²) < 4.78 is 29.5. The molecular formula is C21H18N4O4S. The van der Waals surface area contributed by atoms with Crippen molar-refractivity contribution in [2.75, 3.05) is 4.31 Å². The van der Waals surface area contributed by atoms with Crippen LogP contribution in [-0.2, 0) is 23.6 Å². The molecule has 4 rings (SSSR count). The van der Waals surface area contributed by atoms with Crippen molar-refractivity contribution in [2.45, 2.75) is 11.4 Å². The number of hydrogen-bond acceptors (Lipinski definition) is 5. The maximum Gasteiger partial charge on any atom is 0.329 e. The molecule has 0 atom stereocenters. The van der Waals surface area contributed by atoms with E-state index in [4.69, 9.17) is 0 Å². The lowest BCUT2D eigenvalue weighted by atomic mass is 10.2. The van der Waals surface area contributed by atoms with E-state index in [1.807, 2.05) is 30.3 Å². The zero-order valence-electron chi connectivity index (χ0n) is 16.0. The number of rotatable bonds is 5. The summed E-state index contributed by atoms with van der Waals surface area (Å²) in [5, 5.41) is 0.0193. The summed E-state index contributed by atoms with van der Waals surface area (Å²) in [5.41, 5.74) is 0.0873. The summed E-state index contributed by atoms with van der Waals surface area (Å²) in [7, 11) is -2.60. The summed E-state index contributed by atoms with van der Waals surface area (Å²) in [6, 6.07) is 19.2. The first-order valence-corrected chi connectivity index (χ1v) is 10.5. The van der Waals surface area contributed by atoms with Gasteiger partial charge in [0.2, 0.25) is 0 Å². The van der Waals surface area contributed by atoms with E-state index in [0.717, 1.165) is 16.3 Å². The predicted octanol–water partition coefficient (Wildman–Crippen LogP) is 2.02. The molecule has 1 N–H and O–H groups in total. The van der Waals surface area contributed by atoms with Crippen LogP contribution < -0.4 is 15.6 Å². The molecule has 0 spiro atoms. The van der Waals surface area contributed by atoms with Crippen molar-refractivity contribution in [3.63, 3.8) is 0 Å². The van der Waals surface area contributed by atoms with Crippen LogP contribution in [0.25, 0.3) is 11.0 Å². The molecule has 0 aliphatic carbocycles. The van der Waals surface area contributed by atoms with Crippen LogP contribution >= 0.6 is 0 Å². The van der Waals surface area contributed by atoms with Gasteiger partial charge in [0.1, 0.15) is 10.5 Å². The number of benzene rings is 2. The maximum atomic E-state index is 13.5. The van der Waals surface area contributed by atoms with E-state index in [9.17, 15) is 18.0 Å². The first kappa shape index (κ1) is 19.6. The number of aryl methyl sites for hydroxylation is 1. The molecule has 152 valence electrons. The van der Waals surface area contributed by atoms with Gasteiger partial charge in [0.25, 0.3) is 15.6 Å². The Hall–Kier alpha value is -3.72. The van der Waals surface area contributed by atoms with Crippen molar-refractivity contribution in [1.82, 2.24) is 14.5 Å². The standard InChI is InChI=1S/C21H18N4O4S/c1-24-19-18(20(26)23-21(24)27)12-17(13-22-19)30(28,29)25(16-10-6-3-7-11-16)14-15-8-4-2-5-9-15/h2-13H,14H2,1H3,(H,23,26,27). The van der Waals surface area contributed by atoms with E-state index < -0.39 is 21.3 Å². The first-order valence-electron chi connectivity index (χ1n) is 9.09. The highest BCUT2D eigenvalue weighted by Gasteiger charge is 2.26. The number of nitrogens with one attached hydrogen (secondary N) is 1. The molecule has 0 aliphatic heterocycles. The van der Waals surface area contributed by atoms with Crippen LogP contribution in [0.4, 0.5) is 5.69 Å². The van der Waals surface area contributed by atoms with E-state index in [2.05, 4.69) is 9.97 Å². The minimum Gasteiger partial charge on any atom is -0.281 e. The summed E-state index contributed by atoms with van der Waals surface area (Å²) in [6.07, 6.45) is 1.16. The van der Waals surface area contributed by atoms with Crippen molar-refractivity contribution >= 4 is 26.7 Å². The smallest absolute Gasteiger partial charge is 0.281 e. The van der Waals surface area contributed by atoms with Crippen LogP contribution in [0.1, 0.15) is 5.56 Å². The fraction of sp³-hybridized carbons (Fsp3) is 0.0952. The summed E-state index contributed by atoms with van der Waals surface area (Å²) in [6.45, 7) is 0.106. The fourth-order valence-corrected chi connectivity index (χ4v) is 4.57. The number of fused-ring (bicyclic) bond motifs is 1. The second kappa shape index (κ2) is 7.60. The number of anilines is 1. The summed E-state index contributed by atoms with van der Waals surface area (Å²) >= 11 is 0. The van der Waals surface area contributed by atoms with Crippen LogP contribution in [0.15, 0.2) is 87.4 Å². The number of nitrogens with zero attached hydrogens (tertiary/aromatic N) is 3. The average Bonchev–Trinajstić information content (AvgIpc) is 2.77. The predicted molar refractivity (Wildman–Crippen MR) is 114 cm³/mol. The largest absolute Gasteiger partial charge is 0.329 e. The van der Waals surface area contributed by atoms with Crippen LogP contribution in [0, 0.1) is 0 Å². The lowest BCUT2D eigenvalue weighted by Gasteiger charge is -2.24. The lowest BCUT2D eigenvalue weighted by molar-refractivity contribution is 0.590. The normalized spacial score (nSPS) is 11.5. The molecule has 30 heavy (non-hydrogen) atoms. The molecule has 0 saturated heterocycles. The number of aromatic nitrogens is 3. The summed E-state index contributed by atoms with van der Waals surface area (Å²) in [4.78, 5) is 30.1. The number of aromatic amines is 1. The second-order valence-corrected chi connectivity index (χ2v) is 8.56. The Morgan fingerprint density at radius 3 is 2.30 bits per heavy atom. The SMILES string of the molecule is Cn1c(=O)[nH]c(=O)c2cc(S(=O)(=O)N(Cc3ccccc3)c3ccccc3)cnc21. The van der Waals surface area contributed by atoms with Gasteiger partial charge in [0, 0.05) is 13.2 Å². The van der Waals surface area contributed by atoms with E-state index in [0.29, 0.717) is 5.69 Å². The van der Waals surface area contributed by atoms with Crippen LogP contribution in [0.3, 0.4) is 0 Å². The average molecular weight is 422 g/mol. The van der Waals surface area contributed by atoms with Gasteiger partial charge in [0.15, 0.2) is 0 Å². The first-order chi connectivity index (χ1) is 14.4. The zero-order valence-corrected chi connectivity index (χ0v) is 16.8. The van der Waals surface area contributed by atoms with E-state index in [1.165, 1.54) is 17.4 Å². The van der Waals surface area contributed by atoms with Crippen LogP contribution in [0.2, 0.25) is 0 Å². The van der Waals surface area contributed by atoms with Crippen LogP contribution in [-0.4, -0.2) is 23.0 Å². The Kier molecular flexibility index (Phi) is 4.96. The fourth-order valence-electron chi connectivity index (χ4n) is 3.14. The molecule has 2 aromatic carbocycles. The Bertz CT molecular complexity index is 1430. The van der Waals surface area contributed by atoms with Crippen molar-refractivity contribution in [3.8, 4) is 0 Å². The molecule has 2 aromatic heterocycles. The van der Waals surface area contributed by atoms with Crippen molar-refractivity contribution < 1.29 is 8.42 Å². The maximum absolute atomic E-state index is 13.5. The molecule has 2 heterocycles. The quantitative estimate of drug-likeness (QED) is 0.530. The Morgan fingerprint density at radius 2 is 1.63 bits per heavy atom. The molecule has 0 amide bonds. The molecule has 8 nitrogen and oxygen atoms in total. The molecule has 9 heteroatoms. The molecule has 0 unspecified atom stereocenters. The Morgan fingerprint density at radius 1 is 1.00 bits per heavy atom. The van der Waals surface area contributed by atoms with Crippen LogP contribution in [0.5, 0.6) is 0 Å². The third kappa shape index (κ3) is 3.50. The van der Waals surface area contributed by atoms with Crippen molar-refractivity contribution in [3.05, 3.63) is 99.3 Å². The number of para-hydroxylation sites is 1. The highest BCUT2D eigenvalue weighted by molar-refractivity contribution is 7.92. The number of H-pyrrole nitrogens is 1. The zero-order chi connectivity index (χ0) is 21.3. The number of hydrogen-bond donors (Lipinski definition) is 1. The van der Waals surface area contributed by atoms with Gasteiger partial charge in [-0.15, -0.1) is 0 Å². The third-order valence-corrected chi connectivity index (χ3v) is 6.47. The van der Waals surface area contributed by atoms with Gasteiger partial charge in [0.05, 0.1) is 17.6 Å². The van der Waals surface area contributed by atoms with Gasteiger partial charge in [-0.1, -0.05) is 48.5 Å². The van der Waals surface area contributed by atoms with Gasteiger partial charge in [-0.3, -0.25) is 18.7 Å². The number of sulfonamides is 1. The van der Waals surface area contributed by atoms with Gasteiger partial charge in [-0.05, 0) is 23.8 Å². The monoisotopic (exact) mass is 422 g/mol. The van der Waals surface area contributed by atoms with Gasteiger partial charge < -0.3 is 0 Å². The van der Waals surface area contributed by atoms with E-state index >= 15 is 0 Å². The van der Waals surface area contributed by atoms with Crippen molar-refractivity contribution in [2.24, 2.45) is 7.05 Å². The molecule has 0 fully saturated rings. The Labute approximate surface area is 172 Å². The van der Waals surface area contributed by atoms with Gasteiger partial charge in [-0.2, -0.15) is 0 Å². The highest BCUT2D eigenvalue weighted by atomic mass is 32.2. The minimum absolute atomic E-state index is 0.0193. The minimum atomic E-state index is -4.05. The molecule has 0 aliphatic rings. The number of pyridine rings is 1. The summed E-state index contributed by atoms with van der Waals surface area (Å²) in [5.74, 6) is 0. The molecular weight excluding hydrogens is 404 g/mol. The van der Waals surface area contributed by atoms with E-state index in [1.54, 1.807) is 30.3 Å². The molecule has 0 saturated carbocycles. The second-order valence-electron chi connectivity index (χ2n) is 6.69. The molecule has 0 radical (unpaired) electrons. The van der Waals surface area contributed by atoms with Gasteiger partial charge >= 0.3 is 5.69 Å². The third-order valence-electron chi connectivity index (χ3n) is 4.73. The Balaban J connectivity index is 1.88. The topological polar surface area (TPSA) is 105 Å². The van der Waals surface area contributed by atoms with Gasteiger partial charge in [-0.25, -0.2) is 18.2 Å². The molecule has 0 bridgehead atoms. The van der Waals surface area contributed by atoms with Crippen molar-refractivity contribution in [1.29, 1.82) is 0 Å². The highest BCUT2D eigenvalue weighted by Crippen LogP contribution is 2.26.